The Morgan fingerprint density at radius 1 is 1.21 bits per heavy atom. The molecule has 19 heavy (non-hydrogen) atoms. The number of nitrogens with one attached hydrogen (secondary N) is 2. The third-order valence-electron chi connectivity index (χ3n) is 2.79. The molecule has 2 N–H and O–H groups in total. The van der Waals surface area contributed by atoms with E-state index in [1.54, 1.807) is 12.5 Å². The molecule has 0 radical (unpaired) electrons. The minimum absolute atomic E-state index is 0.0447. The molecule has 0 saturated carbocycles. The van der Waals surface area contributed by atoms with Crippen LogP contribution in [0.5, 0.6) is 0 Å². The first-order valence-corrected chi connectivity index (χ1v) is 6.36. The third kappa shape index (κ3) is 3.01. The van der Waals surface area contributed by atoms with Gasteiger partial charge in [0.15, 0.2) is 0 Å². The van der Waals surface area contributed by atoms with Crippen molar-refractivity contribution in [2.75, 3.05) is 17.2 Å². The van der Waals surface area contributed by atoms with Crippen LogP contribution in [0.4, 0.5) is 11.6 Å². The minimum Gasteiger partial charge on any atom is -0.444 e. The van der Waals surface area contributed by atoms with Crippen LogP contribution < -0.4 is 10.6 Å². The molecular formula is C13H19N5O. The first-order chi connectivity index (χ1) is 9.11. The van der Waals surface area contributed by atoms with Crippen molar-refractivity contribution in [3.63, 3.8) is 0 Å². The smallest absolute Gasteiger partial charge is 0.216 e. The largest absolute Gasteiger partial charge is 0.444 e. The number of hydrogen-bond donors (Lipinski definition) is 2. The highest BCUT2D eigenvalue weighted by Crippen LogP contribution is 2.23. The van der Waals surface area contributed by atoms with Crippen LogP contribution in [-0.2, 0) is 0 Å². The van der Waals surface area contributed by atoms with Crippen molar-refractivity contribution in [2.24, 2.45) is 0 Å². The second-order valence-corrected chi connectivity index (χ2v) is 4.40. The van der Waals surface area contributed by atoms with Gasteiger partial charge in [-0.05, 0) is 27.7 Å². The normalized spacial score (nSPS) is 12.2. The Balaban J connectivity index is 2.16. The summed E-state index contributed by atoms with van der Waals surface area (Å²) < 4.78 is 5.50. The molecule has 1 atom stereocenters. The van der Waals surface area contributed by atoms with Gasteiger partial charge in [0.2, 0.25) is 5.89 Å². The fourth-order valence-electron chi connectivity index (χ4n) is 1.78. The van der Waals surface area contributed by atoms with Gasteiger partial charge >= 0.3 is 0 Å². The van der Waals surface area contributed by atoms with Gasteiger partial charge in [0.05, 0.1) is 6.20 Å². The van der Waals surface area contributed by atoms with Gasteiger partial charge < -0.3 is 15.1 Å². The predicted octanol–water partition coefficient (Wildman–Crippen LogP) is 2.69. The van der Waals surface area contributed by atoms with Crippen molar-refractivity contribution in [1.29, 1.82) is 0 Å². The Morgan fingerprint density at radius 3 is 2.58 bits per heavy atom. The molecule has 2 heterocycles. The SMILES string of the molecule is CCNc1ncnc(NC(C)c2ncc(C)o2)c1C. The molecule has 0 fully saturated rings. The second kappa shape index (κ2) is 5.69. The molecule has 2 aromatic rings. The van der Waals surface area contributed by atoms with E-state index < -0.39 is 0 Å². The van der Waals surface area contributed by atoms with Crippen LogP contribution >= 0.6 is 0 Å². The predicted molar refractivity (Wildman–Crippen MR) is 74.2 cm³/mol. The van der Waals surface area contributed by atoms with E-state index in [9.17, 15) is 0 Å². The van der Waals surface area contributed by atoms with Crippen LogP contribution in [0, 0.1) is 13.8 Å². The molecule has 6 heteroatoms. The Kier molecular flexibility index (Phi) is 3.99. The zero-order valence-electron chi connectivity index (χ0n) is 11.7. The number of rotatable bonds is 5. The number of nitrogens with zero attached hydrogens (tertiary/aromatic N) is 3. The maximum Gasteiger partial charge on any atom is 0.216 e. The van der Waals surface area contributed by atoms with Gasteiger partial charge in [-0.3, -0.25) is 0 Å². The monoisotopic (exact) mass is 261 g/mol. The molecule has 0 aliphatic carbocycles. The summed E-state index contributed by atoms with van der Waals surface area (Å²) in [6, 6.07) is -0.0447. The molecule has 1 unspecified atom stereocenters. The fourth-order valence-corrected chi connectivity index (χ4v) is 1.78. The van der Waals surface area contributed by atoms with E-state index in [1.165, 1.54) is 0 Å². The highest BCUT2D eigenvalue weighted by Gasteiger charge is 2.14. The van der Waals surface area contributed by atoms with Gasteiger partial charge in [-0.15, -0.1) is 0 Å². The molecule has 0 aliphatic rings. The van der Waals surface area contributed by atoms with Crippen LogP contribution in [0.25, 0.3) is 0 Å². The number of hydrogen-bond acceptors (Lipinski definition) is 6. The highest BCUT2D eigenvalue weighted by molar-refractivity contribution is 5.56. The standard InChI is InChI=1S/C13H19N5O/c1-5-14-11-9(3)12(17-7-16-11)18-10(4)13-15-6-8(2)19-13/h6-7,10H,5H2,1-4H3,(H2,14,16,17,18). The lowest BCUT2D eigenvalue weighted by Gasteiger charge is -2.15. The first-order valence-electron chi connectivity index (χ1n) is 6.36. The van der Waals surface area contributed by atoms with Crippen LogP contribution in [-0.4, -0.2) is 21.5 Å². The van der Waals surface area contributed by atoms with Crippen molar-refractivity contribution in [2.45, 2.75) is 33.7 Å². The average molecular weight is 261 g/mol. The molecule has 0 bridgehead atoms. The van der Waals surface area contributed by atoms with Gasteiger partial charge in [0.25, 0.3) is 0 Å². The van der Waals surface area contributed by atoms with E-state index in [2.05, 4.69) is 25.6 Å². The van der Waals surface area contributed by atoms with Crippen LogP contribution in [0.3, 0.4) is 0 Å². The summed E-state index contributed by atoms with van der Waals surface area (Å²) in [5.41, 5.74) is 0.986. The number of aromatic nitrogens is 3. The van der Waals surface area contributed by atoms with Crippen molar-refractivity contribution in [1.82, 2.24) is 15.0 Å². The third-order valence-corrected chi connectivity index (χ3v) is 2.79. The number of oxazole rings is 1. The molecule has 0 aliphatic heterocycles. The van der Waals surface area contributed by atoms with Gasteiger partial charge in [0, 0.05) is 12.1 Å². The Labute approximate surface area is 112 Å². The molecule has 6 nitrogen and oxygen atoms in total. The van der Waals surface area contributed by atoms with Crippen LogP contribution in [0.15, 0.2) is 16.9 Å². The van der Waals surface area contributed by atoms with Crippen molar-refractivity contribution in [3.8, 4) is 0 Å². The second-order valence-electron chi connectivity index (χ2n) is 4.40. The molecule has 0 spiro atoms. The topological polar surface area (TPSA) is 75.9 Å². The fraction of sp³-hybridized carbons (Fsp3) is 0.462. The zero-order valence-corrected chi connectivity index (χ0v) is 11.7. The lowest BCUT2D eigenvalue weighted by atomic mass is 10.2. The number of anilines is 2. The summed E-state index contributed by atoms with van der Waals surface area (Å²) in [5.74, 6) is 3.09. The van der Waals surface area contributed by atoms with E-state index in [0.29, 0.717) is 5.89 Å². The summed E-state index contributed by atoms with van der Waals surface area (Å²) in [5, 5.41) is 6.49. The molecule has 102 valence electrons. The summed E-state index contributed by atoms with van der Waals surface area (Å²) in [4.78, 5) is 12.7. The zero-order chi connectivity index (χ0) is 13.8. The summed E-state index contributed by atoms with van der Waals surface area (Å²) >= 11 is 0. The molecule has 0 amide bonds. The van der Waals surface area contributed by atoms with Gasteiger partial charge in [-0.1, -0.05) is 0 Å². The van der Waals surface area contributed by atoms with Crippen molar-refractivity contribution in [3.05, 3.63) is 29.7 Å². The summed E-state index contributed by atoms with van der Waals surface area (Å²) in [7, 11) is 0. The minimum atomic E-state index is -0.0447. The Morgan fingerprint density at radius 2 is 1.95 bits per heavy atom. The molecule has 0 saturated heterocycles. The van der Waals surface area contributed by atoms with E-state index >= 15 is 0 Å². The maximum absolute atomic E-state index is 5.50. The van der Waals surface area contributed by atoms with Gasteiger partial charge in [0.1, 0.15) is 29.8 Å². The number of aryl methyl sites for hydroxylation is 1. The Bertz CT molecular complexity index is 552. The van der Waals surface area contributed by atoms with Crippen molar-refractivity contribution >= 4 is 11.6 Å². The maximum atomic E-state index is 5.50. The summed E-state index contributed by atoms with van der Waals surface area (Å²) in [6.07, 6.45) is 3.26. The van der Waals surface area contributed by atoms with Crippen LogP contribution in [0.2, 0.25) is 0 Å². The molecule has 2 rings (SSSR count). The summed E-state index contributed by atoms with van der Waals surface area (Å²) in [6.45, 7) is 8.70. The van der Waals surface area contributed by atoms with Gasteiger partial charge in [-0.25, -0.2) is 15.0 Å². The van der Waals surface area contributed by atoms with Gasteiger partial charge in [-0.2, -0.15) is 0 Å². The molecular weight excluding hydrogens is 242 g/mol. The lowest BCUT2D eigenvalue weighted by Crippen LogP contribution is -2.11. The Hall–Kier alpha value is -2.11. The molecule has 2 aromatic heterocycles. The quantitative estimate of drug-likeness (QED) is 0.861. The van der Waals surface area contributed by atoms with E-state index in [1.807, 2.05) is 27.7 Å². The first kappa shape index (κ1) is 13.3. The molecule has 0 aromatic carbocycles. The van der Waals surface area contributed by atoms with E-state index in [-0.39, 0.29) is 6.04 Å². The van der Waals surface area contributed by atoms with E-state index in [4.69, 9.17) is 4.42 Å². The van der Waals surface area contributed by atoms with E-state index in [0.717, 1.165) is 29.5 Å². The van der Waals surface area contributed by atoms with Crippen molar-refractivity contribution < 1.29 is 4.42 Å². The lowest BCUT2D eigenvalue weighted by molar-refractivity contribution is 0.453. The highest BCUT2D eigenvalue weighted by atomic mass is 16.4. The average Bonchev–Trinajstić information content (AvgIpc) is 2.81. The van der Waals surface area contributed by atoms with Crippen LogP contribution in [0.1, 0.15) is 37.1 Å².